The summed E-state index contributed by atoms with van der Waals surface area (Å²) in [5.74, 6) is 0.829. The van der Waals surface area contributed by atoms with E-state index in [1.165, 1.54) is 5.57 Å². The van der Waals surface area contributed by atoms with Crippen LogP contribution < -0.4 is 5.32 Å². The molecule has 2 atom stereocenters. The van der Waals surface area contributed by atoms with Crippen molar-refractivity contribution >= 4 is 23.6 Å². The number of anilines is 1. The van der Waals surface area contributed by atoms with Gasteiger partial charge < -0.3 is 10.1 Å². The monoisotopic (exact) mass is 433 g/mol. The lowest BCUT2D eigenvalue weighted by atomic mass is 9.86. The Labute approximate surface area is 192 Å². The maximum absolute atomic E-state index is 12.8. The normalized spacial score (nSPS) is 21.7. The molecule has 1 aliphatic heterocycles. The molecule has 0 saturated carbocycles. The average Bonchev–Trinajstić information content (AvgIpc) is 3.08. The van der Waals surface area contributed by atoms with Gasteiger partial charge in [-0.15, -0.1) is 0 Å². The minimum atomic E-state index is -0.561. The van der Waals surface area contributed by atoms with E-state index in [-0.39, 0.29) is 18.2 Å². The molecule has 1 amide bonds. The third-order valence-corrected chi connectivity index (χ3v) is 6.13. The number of nitrogens with one attached hydrogen (secondary N) is 1. The number of hydrogen-bond acceptors (Lipinski definition) is 4. The first kappa shape index (κ1) is 23.6. The lowest BCUT2D eigenvalue weighted by molar-refractivity contribution is 0.0668. The summed E-state index contributed by atoms with van der Waals surface area (Å²) in [6.07, 6.45) is 8.36. The molecule has 2 aromatic rings. The Balaban J connectivity index is 0.00000141. The van der Waals surface area contributed by atoms with Crippen molar-refractivity contribution in [2.45, 2.75) is 64.6 Å². The van der Waals surface area contributed by atoms with Gasteiger partial charge in [0.25, 0.3) is 0 Å². The minimum absolute atomic E-state index is 0.0879. The number of benzene rings is 1. The van der Waals surface area contributed by atoms with Crippen LogP contribution in [0, 0.1) is 0 Å². The Bertz CT molecular complexity index is 982. The number of carbonyl (C=O) groups excluding carboxylic acids is 1. The number of carbonyl (C=O) groups is 1. The molecule has 2 heterocycles. The zero-order valence-corrected chi connectivity index (χ0v) is 19.9. The molecule has 0 bridgehead atoms. The maximum Gasteiger partial charge on any atom is 0.411 e. The van der Waals surface area contributed by atoms with Crippen molar-refractivity contribution < 1.29 is 9.53 Å². The summed E-state index contributed by atoms with van der Waals surface area (Å²) in [5, 5.41) is 3.09. The van der Waals surface area contributed by atoms with Crippen LogP contribution in [0.2, 0.25) is 0 Å². The van der Waals surface area contributed by atoms with Crippen LogP contribution in [0.15, 0.2) is 55.3 Å². The largest absolute Gasteiger partial charge is 0.441 e. The topological polar surface area (TPSA) is 54.5 Å². The summed E-state index contributed by atoms with van der Waals surface area (Å²) in [6.45, 7) is 11.9. The Hall–Kier alpha value is -3.08. The summed E-state index contributed by atoms with van der Waals surface area (Å²) in [4.78, 5) is 19.3. The van der Waals surface area contributed by atoms with Crippen LogP contribution in [0.4, 0.5) is 10.6 Å². The standard InChI is InChI=1S/C25H29N3O2.C2H6/c1-5-17-15-20(16-27-23(17)26-4)18-11-13-21(14-12-18)28-22(19-9-7-6-8-10-19)25(2,3)30-24(28)29;1-2/h5-11,15-16,21-22H,1,12-14H2,2-4H3,(H,26,27);1-2H3. The van der Waals surface area contributed by atoms with Gasteiger partial charge in [0.15, 0.2) is 0 Å². The molecular formula is C27H35N3O2. The van der Waals surface area contributed by atoms with Gasteiger partial charge in [-0.05, 0) is 55.9 Å². The molecule has 1 saturated heterocycles. The second-order valence-corrected chi connectivity index (χ2v) is 8.47. The van der Waals surface area contributed by atoms with E-state index in [9.17, 15) is 4.79 Å². The molecule has 1 aromatic heterocycles. The van der Waals surface area contributed by atoms with Crippen molar-refractivity contribution in [3.05, 3.63) is 71.9 Å². The van der Waals surface area contributed by atoms with E-state index >= 15 is 0 Å². The van der Waals surface area contributed by atoms with Crippen LogP contribution in [0.1, 0.15) is 69.7 Å². The molecule has 1 N–H and O–H groups in total. The van der Waals surface area contributed by atoms with Crippen molar-refractivity contribution in [2.75, 3.05) is 12.4 Å². The predicted molar refractivity (Wildman–Crippen MR) is 132 cm³/mol. The summed E-state index contributed by atoms with van der Waals surface area (Å²) in [5.41, 5.74) is 3.94. The number of rotatable bonds is 5. The van der Waals surface area contributed by atoms with Gasteiger partial charge in [-0.1, -0.05) is 62.9 Å². The summed E-state index contributed by atoms with van der Waals surface area (Å²) < 4.78 is 5.79. The van der Waals surface area contributed by atoms with Crippen molar-refractivity contribution in [1.82, 2.24) is 9.88 Å². The van der Waals surface area contributed by atoms with Gasteiger partial charge >= 0.3 is 6.09 Å². The van der Waals surface area contributed by atoms with Crippen LogP contribution in [0.5, 0.6) is 0 Å². The van der Waals surface area contributed by atoms with E-state index in [1.807, 2.05) is 70.1 Å². The molecule has 1 fully saturated rings. The quantitative estimate of drug-likeness (QED) is 0.570. The maximum atomic E-state index is 12.8. The van der Waals surface area contributed by atoms with E-state index in [0.717, 1.165) is 41.8 Å². The summed E-state index contributed by atoms with van der Waals surface area (Å²) in [7, 11) is 1.86. The molecular weight excluding hydrogens is 398 g/mol. The molecule has 170 valence electrons. The number of amides is 1. The predicted octanol–water partition coefficient (Wildman–Crippen LogP) is 6.70. The second kappa shape index (κ2) is 10.0. The van der Waals surface area contributed by atoms with Gasteiger partial charge in [0.2, 0.25) is 0 Å². The minimum Gasteiger partial charge on any atom is -0.441 e. The average molecular weight is 434 g/mol. The van der Waals surface area contributed by atoms with E-state index in [0.29, 0.717) is 0 Å². The molecule has 5 heteroatoms. The lowest BCUT2D eigenvalue weighted by Crippen LogP contribution is -2.41. The van der Waals surface area contributed by atoms with Gasteiger partial charge in [0, 0.05) is 24.8 Å². The Morgan fingerprint density at radius 2 is 1.97 bits per heavy atom. The van der Waals surface area contributed by atoms with Crippen LogP contribution >= 0.6 is 0 Å². The Morgan fingerprint density at radius 3 is 2.56 bits per heavy atom. The van der Waals surface area contributed by atoms with Gasteiger partial charge in [0.1, 0.15) is 11.4 Å². The fraction of sp³-hybridized carbons (Fsp3) is 0.407. The van der Waals surface area contributed by atoms with Gasteiger partial charge in [-0.3, -0.25) is 4.90 Å². The number of aromatic nitrogens is 1. The molecule has 1 aromatic carbocycles. The number of pyridine rings is 1. The highest BCUT2D eigenvalue weighted by Crippen LogP contribution is 2.44. The molecule has 5 nitrogen and oxygen atoms in total. The zero-order valence-electron chi connectivity index (χ0n) is 19.9. The lowest BCUT2D eigenvalue weighted by Gasteiger charge is -2.36. The van der Waals surface area contributed by atoms with E-state index in [4.69, 9.17) is 4.74 Å². The fourth-order valence-corrected chi connectivity index (χ4v) is 4.69. The van der Waals surface area contributed by atoms with Crippen molar-refractivity contribution in [1.29, 1.82) is 0 Å². The van der Waals surface area contributed by atoms with Crippen LogP contribution in [0.25, 0.3) is 11.6 Å². The second-order valence-electron chi connectivity index (χ2n) is 8.47. The molecule has 2 unspecified atom stereocenters. The van der Waals surface area contributed by atoms with E-state index < -0.39 is 5.60 Å². The number of allylic oxidation sites excluding steroid dienone is 1. The third-order valence-electron chi connectivity index (χ3n) is 6.13. The molecule has 0 spiro atoms. The zero-order chi connectivity index (χ0) is 23.3. The first-order valence-electron chi connectivity index (χ1n) is 11.5. The van der Waals surface area contributed by atoms with E-state index in [1.54, 1.807) is 0 Å². The Morgan fingerprint density at radius 1 is 1.25 bits per heavy atom. The van der Waals surface area contributed by atoms with Crippen LogP contribution in [0.3, 0.4) is 0 Å². The summed E-state index contributed by atoms with van der Waals surface area (Å²) >= 11 is 0. The summed E-state index contributed by atoms with van der Waals surface area (Å²) in [6, 6.07) is 12.4. The molecule has 2 aliphatic rings. The highest BCUT2D eigenvalue weighted by atomic mass is 16.6. The molecule has 32 heavy (non-hydrogen) atoms. The molecule has 1 aliphatic carbocycles. The van der Waals surface area contributed by atoms with Crippen LogP contribution in [-0.2, 0) is 4.74 Å². The molecule has 4 rings (SSSR count). The fourth-order valence-electron chi connectivity index (χ4n) is 4.69. The van der Waals surface area contributed by atoms with Crippen molar-refractivity contribution in [3.8, 4) is 0 Å². The number of cyclic esters (lactones) is 1. The highest BCUT2D eigenvalue weighted by molar-refractivity contribution is 5.74. The molecule has 0 radical (unpaired) electrons. The third kappa shape index (κ3) is 4.57. The Kier molecular flexibility index (Phi) is 7.39. The first-order chi connectivity index (χ1) is 15.4. The van der Waals surface area contributed by atoms with E-state index in [2.05, 4.69) is 41.2 Å². The number of hydrogen-bond donors (Lipinski definition) is 1. The smallest absolute Gasteiger partial charge is 0.411 e. The first-order valence-corrected chi connectivity index (χ1v) is 11.5. The number of ether oxygens (including phenoxy) is 1. The number of nitrogens with zero attached hydrogens (tertiary/aromatic N) is 2. The highest BCUT2D eigenvalue weighted by Gasteiger charge is 2.50. The van der Waals surface area contributed by atoms with Gasteiger partial charge in [0.05, 0.1) is 6.04 Å². The van der Waals surface area contributed by atoms with Gasteiger partial charge in [-0.25, -0.2) is 9.78 Å². The van der Waals surface area contributed by atoms with Crippen molar-refractivity contribution in [3.63, 3.8) is 0 Å². The van der Waals surface area contributed by atoms with Crippen molar-refractivity contribution in [2.24, 2.45) is 0 Å². The SMILES string of the molecule is C=Cc1cc(C2=CCC(N3C(=O)OC(C)(C)C3c3ccccc3)CC2)cnc1NC.CC. The van der Waals surface area contributed by atoms with Gasteiger partial charge in [-0.2, -0.15) is 0 Å². The van der Waals surface area contributed by atoms with Crippen LogP contribution in [-0.4, -0.2) is 34.7 Å².